The molecule has 0 aliphatic carbocycles. The van der Waals surface area contributed by atoms with Gasteiger partial charge in [0.05, 0.1) is 0 Å². The van der Waals surface area contributed by atoms with Gasteiger partial charge in [-0.05, 0) is 34.4 Å². The van der Waals surface area contributed by atoms with Crippen molar-refractivity contribution in [2.24, 2.45) is 10.9 Å². The highest BCUT2D eigenvalue weighted by atomic mass is 35.5. The lowest BCUT2D eigenvalue weighted by Gasteiger charge is -2.29. The molecule has 4 nitrogen and oxygen atoms in total. The Morgan fingerprint density at radius 1 is 1.21 bits per heavy atom. The molecule has 0 atom stereocenters. The van der Waals surface area contributed by atoms with E-state index >= 15 is 0 Å². The number of hydrogen-bond acceptors (Lipinski definition) is 2. The van der Waals surface area contributed by atoms with Crippen LogP contribution in [0.4, 0.5) is 0 Å². The van der Waals surface area contributed by atoms with Crippen LogP contribution in [0.5, 0.6) is 0 Å². The molecule has 1 heterocycles. The molecule has 0 fully saturated rings. The predicted molar refractivity (Wildman–Crippen MR) is 78.6 cm³/mol. The molecule has 19 heavy (non-hydrogen) atoms. The molecule has 0 bridgehead atoms. The van der Waals surface area contributed by atoms with E-state index in [-0.39, 0.29) is 18.4 Å². The van der Waals surface area contributed by atoms with E-state index in [1.807, 2.05) is 4.90 Å². The van der Waals surface area contributed by atoms with Gasteiger partial charge in [0.2, 0.25) is 5.96 Å². The lowest BCUT2D eigenvalue weighted by Crippen LogP contribution is -2.38. The quantitative estimate of drug-likeness (QED) is 0.337. The van der Waals surface area contributed by atoms with Gasteiger partial charge in [0, 0.05) is 13.1 Å². The zero-order valence-electron chi connectivity index (χ0n) is 10.6. The van der Waals surface area contributed by atoms with Crippen molar-refractivity contribution in [3.63, 3.8) is 0 Å². The van der Waals surface area contributed by atoms with Crippen molar-refractivity contribution >= 4 is 29.1 Å². The second kappa shape index (κ2) is 4.97. The number of guanidine groups is 1. The summed E-state index contributed by atoms with van der Waals surface area (Å²) in [7, 11) is 0. The lowest BCUT2D eigenvalue weighted by atomic mass is 9.93. The number of nitrogens with two attached hydrogens (primary N) is 1. The molecule has 1 aliphatic rings. The highest BCUT2D eigenvalue weighted by Crippen LogP contribution is 2.31. The third-order valence-corrected chi connectivity index (χ3v) is 3.58. The Labute approximate surface area is 117 Å². The van der Waals surface area contributed by atoms with Gasteiger partial charge in [0.25, 0.3) is 0 Å². The minimum absolute atomic E-state index is 0. The van der Waals surface area contributed by atoms with E-state index in [1.165, 1.54) is 27.5 Å². The minimum Gasteiger partial charge on any atom is -0.408 e. The fourth-order valence-corrected chi connectivity index (χ4v) is 2.66. The molecule has 100 valence electrons. The fraction of sp³-hybridized carbons (Fsp3) is 0.214. The molecule has 0 unspecified atom stereocenters. The van der Waals surface area contributed by atoms with E-state index in [1.54, 1.807) is 0 Å². The van der Waals surface area contributed by atoms with Crippen molar-refractivity contribution in [3.8, 4) is 0 Å². The van der Waals surface area contributed by atoms with Crippen LogP contribution in [0.2, 0.25) is 0 Å². The van der Waals surface area contributed by atoms with E-state index in [9.17, 15) is 0 Å². The molecular weight excluding hydrogens is 262 g/mol. The third kappa shape index (κ3) is 2.08. The van der Waals surface area contributed by atoms with Gasteiger partial charge in [0.15, 0.2) is 0 Å². The van der Waals surface area contributed by atoms with Crippen LogP contribution in [0.15, 0.2) is 35.5 Å². The Morgan fingerprint density at radius 2 is 1.89 bits per heavy atom. The smallest absolute Gasteiger partial charge is 0.233 e. The Morgan fingerprint density at radius 3 is 2.58 bits per heavy atom. The number of nitrogens with zero attached hydrogens (tertiary/aromatic N) is 2. The van der Waals surface area contributed by atoms with Gasteiger partial charge in [-0.1, -0.05) is 35.5 Å². The maximum absolute atomic E-state index is 8.79. The molecule has 0 saturated heterocycles. The standard InChI is InChI=1S/C14H15N3O.ClH/c1-9-5-6-11-8-17(14(15)16-18)7-10-3-2-4-12(9)13(10)11;/h2-6,18H,7-8H2,1H3,(H2,15,16);1H. The van der Waals surface area contributed by atoms with Crippen LogP contribution in [-0.4, -0.2) is 16.1 Å². The van der Waals surface area contributed by atoms with Gasteiger partial charge in [-0.25, -0.2) is 0 Å². The molecular formula is C14H16ClN3O. The summed E-state index contributed by atoms with van der Waals surface area (Å²) in [6, 6.07) is 10.6. The monoisotopic (exact) mass is 277 g/mol. The van der Waals surface area contributed by atoms with Crippen molar-refractivity contribution in [3.05, 3.63) is 47.0 Å². The molecule has 3 N–H and O–H groups in total. The first-order valence-electron chi connectivity index (χ1n) is 5.93. The van der Waals surface area contributed by atoms with Crippen molar-refractivity contribution in [2.45, 2.75) is 20.0 Å². The number of hydrogen-bond donors (Lipinski definition) is 2. The highest BCUT2D eigenvalue weighted by Gasteiger charge is 2.20. The first-order chi connectivity index (χ1) is 8.70. The Hall–Kier alpha value is -1.94. The van der Waals surface area contributed by atoms with Crippen LogP contribution in [0.25, 0.3) is 10.8 Å². The second-order valence-corrected chi connectivity index (χ2v) is 4.70. The zero-order valence-corrected chi connectivity index (χ0v) is 11.4. The summed E-state index contributed by atoms with van der Waals surface area (Å²) in [5.74, 6) is 0.165. The summed E-state index contributed by atoms with van der Waals surface area (Å²) < 4.78 is 0. The topological polar surface area (TPSA) is 61.8 Å². The minimum atomic E-state index is 0. The van der Waals surface area contributed by atoms with Gasteiger partial charge in [-0.3, -0.25) is 0 Å². The normalized spacial score (nSPS) is 14.4. The molecule has 2 aromatic carbocycles. The van der Waals surface area contributed by atoms with E-state index in [2.05, 4.69) is 42.4 Å². The first-order valence-corrected chi connectivity index (χ1v) is 5.93. The van der Waals surface area contributed by atoms with Gasteiger partial charge in [0.1, 0.15) is 0 Å². The summed E-state index contributed by atoms with van der Waals surface area (Å²) in [6.45, 7) is 3.49. The summed E-state index contributed by atoms with van der Waals surface area (Å²) in [5.41, 5.74) is 9.43. The van der Waals surface area contributed by atoms with Crippen LogP contribution < -0.4 is 5.73 Å². The molecule has 0 amide bonds. The van der Waals surface area contributed by atoms with Crippen LogP contribution in [0.1, 0.15) is 16.7 Å². The first kappa shape index (κ1) is 13.5. The van der Waals surface area contributed by atoms with Crippen LogP contribution in [-0.2, 0) is 13.1 Å². The Bertz CT molecular complexity index is 642. The maximum atomic E-state index is 8.79. The SMILES string of the molecule is Cc1ccc2c3c(cccc13)CN(C(N)=NO)C2.Cl. The highest BCUT2D eigenvalue weighted by molar-refractivity contribution is 5.93. The summed E-state index contributed by atoms with van der Waals surface area (Å²) in [5, 5.41) is 14.5. The van der Waals surface area contributed by atoms with E-state index in [0.29, 0.717) is 13.1 Å². The van der Waals surface area contributed by atoms with Crippen LogP contribution in [0, 0.1) is 6.92 Å². The van der Waals surface area contributed by atoms with Gasteiger partial charge in [-0.15, -0.1) is 12.4 Å². The van der Waals surface area contributed by atoms with Crippen molar-refractivity contribution in [1.29, 1.82) is 0 Å². The largest absolute Gasteiger partial charge is 0.408 e. The molecule has 0 spiro atoms. The van der Waals surface area contributed by atoms with Crippen molar-refractivity contribution in [2.75, 3.05) is 0 Å². The van der Waals surface area contributed by atoms with Crippen molar-refractivity contribution < 1.29 is 5.21 Å². The van der Waals surface area contributed by atoms with Crippen LogP contribution >= 0.6 is 12.4 Å². The molecule has 0 saturated carbocycles. The Balaban J connectivity index is 0.00000133. The number of oxime groups is 1. The van der Waals surface area contributed by atoms with E-state index < -0.39 is 0 Å². The number of rotatable bonds is 0. The summed E-state index contributed by atoms with van der Waals surface area (Å²) in [6.07, 6.45) is 0. The number of aryl methyl sites for hydroxylation is 1. The van der Waals surface area contributed by atoms with Gasteiger partial charge < -0.3 is 15.8 Å². The fourth-order valence-electron chi connectivity index (χ4n) is 2.66. The third-order valence-electron chi connectivity index (χ3n) is 3.58. The maximum Gasteiger partial charge on any atom is 0.233 e. The van der Waals surface area contributed by atoms with Gasteiger partial charge in [-0.2, -0.15) is 0 Å². The molecule has 0 aromatic heterocycles. The molecule has 1 aliphatic heterocycles. The molecule has 0 radical (unpaired) electrons. The van der Waals surface area contributed by atoms with Crippen molar-refractivity contribution in [1.82, 2.24) is 4.90 Å². The average molecular weight is 278 g/mol. The lowest BCUT2D eigenvalue weighted by molar-refractivity contribution is 0.293. The number of halogens is 1. The summed E-state index contributed by atoms with van der Waals surface area (Å²) in [4.78, 5) is 1.87. The predicted octanol–water partition coefficient (Wildman–Crippen LogP) is 2.59. The number of benzene rings is 2. The molecule has 2 aromatic rings. The second-order valence-electron chi connectivity index (χ2n) is 4.70. The molecule has 3 rings (SSSR count). The average Bonchev–Trinajstić information content (AvgIpc) is 2.41. The van der Waals surface area contributed by atoms with E-state index in [4.69, 9.17) is 10.9 Å². The summed E-state index contributed by atoms with van der Waals surface area (Å²) >= 11 is 0. The van der Waals surface area contributed by atoms with Gasteiger partial charge >= 0.3 is 0 Å². The van der Waals surface area contributed by atoms with Crippen LogP contribution in [0.3, 0.4) is 0 Å². The Kier molecular flexibility index (Phi) is 3.53. The zero-order chi connectivity index (χ0) is 12.7. The molecule has 5 heteroatoms. The van der Waals surface area contributed by atoms with E-state index in [0.717, 1.165) is 0 Å².